The first-order valence-corrected chi connectivity index (χ1v) is 11.7. The molecule has 0 atom stereocenters. The van der Waals surface area contributed by atoms with Gasteiger partial charge in [-0.3, -0.25) is 8.96 Å². The number of aromatic amines is 1. The Balaban J connectivity index is 1.37. The quantitative estimate of drug-likeness (QED) is 0.544. The van der Waals surface area contributed by atoms with Crippen LogP contribution in [0.4, 0.5) is 0 Å². The highest BCUT2D eigenvalue weighted by atomic mass is 32.2. The van der Waals surface area contributed by atoms with Crippen LogP contribution >= 0.6 is 0 Å². The molecule has 0 amide bonds. The van der Waals surface area contributed by atoms with Crippen LogP contribution in [0.25, 0.3) is 21.8 Å². The summed E-state index contributed by atoms with van der Waals surface area (Å²) < 4.78 is 26.8. The molecule has 1 fully saturated rings. The van der Waals surface area contributed by atoms with Gasteiger partial charge in [0.05, 0.1) is 5.75 Å². The fraction of sp³-hybridized carbons (Fsp3) is 0.364. The molecular formula is C22H24N4O2S. The van der Waals surface area contributed by atoms with Gasteiger partial charge in [0.15, 0.2) is 0 Å². The highest BCUT2D eigenvalue weighted by Crippen LogP contribution is 2.40. The number of nitrogens with zero attached hydrogens (tertiary/aromatic N) is 3. The summed E-state index contributed by atoms with van der Waals surface area (Å²) in [6.45, 7) is 1.91. The lowest BCUT2D eigenvalue weighted by Gasteiger charge is -2.29. The summed E-state index contributed by atoms with van der Waals surface area (Å²) in [5.74, 6) is 0.823. The summed E-state index contributed by atoms with van der Waals surface area (Å²) in [5.41, 5.74) is 3.12. The molecule has 1 N–H and O–H groups in total. The number of hydrogen-bond acceptors (Lipinski definition) is 4. The van der Waals surface area contributed by atoms with Gasteiger partial charge < -0.3 is 4.98 Å². The molecule has 0 aromatic carbocycles. The van der Waals surface area contributed by atoms with Gasteiger partial charge in [-0.1, -0.05) is 0 Å². The van der Waals surface area contributed by atoms with Gasteiger partial charge in [0.25, 0.3) is 0 Å². The van der Waals surface area contributed by atoms with Crippen LogP contribution in [0.2, 0.25) is 0 Å². The van der Waals surface area contributed by atoms with Crippen molar-refractivity contribution in [2.24, 2.45) is 5.92 Å². The Labute approximate surface area is 170 Å². The Kier molecular flexibility index (Phi) is 4.42. The van der Waals surface area contributed by atoms with E-state index in [2.05, 4.69) is 21.0 Å². The van der Waals surface area contributed by atoms with E-state index in [4.69, 9.17) is 0 Å². The third-order valence-electron chi connectivity index (χ3n) is 6.20. The van der Waals surface area contributed by atoms with Crippen LogP contribution in [-0.2, 0) is 10.0 Å². The summed E-state index contributed by atoms with van der Waals surface area (Å²) in [6, 6.07) is 3.91. The number of fused-ring (bicyclic) bond motifs is 3. The fourth-order valence-corrected chi connectivity index (χ4v) is 6.36. The number of hydrogen-bond donors (Lipinski definition) is 1. The second-order valence-corrected chi connectivity index (χ2v) is 10.1. The van der Waals surface area contributed by atoms with Crippen LogP contribution in [0.1, 0.15) is 42.7 Å². The second kappa shape index (κ2) is 6.99. The third kappa shape index (κ3) is 3.33. The first-order valence-electron chi connectivity index (χ1n) is 10.1. The van der Waals surface area contributed by atoms with Crippen molar-refractivity contribution >= 4 is 31.8 Å². The van der Waals surface area contributed by atoms with E-state index in [0.29, 0.717) is 5.92 Å². The van der Waals surface area contributed by atoms with Gasteiger partial charge in [0.1, 0.15) is 5.65 Å². The van der Waals surface area contributed by atoms with Crippen LogP contribution in [0, 0.1) is 12.8 Å². The number of aryl methyl sites for hydroxylation is 1. The SMILES string of the molecule is Cc1ccn(S(=O)(=O)CC2CCC(c3cncc4cnc5[nH]ccc5c34)CC2)c1. The van der Waals surface area contributed by atoms with E-state index in [-0.39, 0.29) is 11.7 Å². The molecule has 4 aromatic rings. The Morgan fingerprint density at radius 2 is 1.97 bits per heavy atom. The molecule has 0 radical (unpaired) electrons. The van der Waals surface area contributed by atoms with Crippen LogP contribution in [-0.4, -0.2) is 33.1 Å². The molecular weight excluding hydrogens is 384 g/mol. The lowest BCUT2D eigenvalue weighted by molar-refractivity contribution is 0.349. The number of pyridine rings is 2. The van der Waals surface area contributed by atoms with Crippen molar-refractivity contribution in [3.05, 3.63) is 60.4 Å². The maximum Gasteiger partial charge on any atom is 0.238 e. The van der Waals surface area contributed by atoms with Crippen molar-refractivity contribution in [3.8, 4) is 0 Å². The Morgan fingerprint density at radius 3 is 2.72 bits per heavy atom. The topological polar surface area (TPSA) is 80.6 Å². The van der Waals surface area contributed by atoms with Crippen LogP contribution in [0.3, 0.4) is 0 Å². The van der Waals surface area contributed by atoms with Gasteiger partial charge >= 0.3 is 0 Å². The highest BCUT2D eigenvalue weighted by Gasteiger charge is 2.28. The molecule has 0 spiro atoms. The number of nitrogens with one attached hydrogen (secondary N) is 1. The molecule has 4 aromatic heterocycles. The molecule has 29 heavy (non-hydrogen) atoms. The normalized spacial score (nSPS) is 20.4. The van der Waals surface area contributed by atoms with Crippen molar-refractivity contribution < 1.29 is 8.42 Å². The van der Waals surface area contributed by atoms with E-state index in [9.17, 15) is 8.42 Å². The average Bonchev–Trinajstić information content (AvgIpc) is 3.37. The standard InChI is InChI=1S/C22H24N4O2S/c1-15-7-9-26(13-15)29(27,28)14-16-2-4-17(5-3-16)20-12-23-10-18-11-25-22-19(21(18)20)6-8-24-22/h6-13,16-17H,2-5,14H2,1H3,(H,24,25). The lowest BCUT2D eigenvalue weighted by atomic mass is 9.78. The van der Waals surface area contributed by atoms with Crippen molar-refractivity contribution in [1.82, 2.24) is 18.9 Å². The minimum atomic E-state index is -3.29. The molecule has 5 rings (SSSR count). The van der Waals surface area contributed by atoms with Crippen molar-refractivity contribution in [3.63, 3.8) is 0 Å². The van der Waals surface area contributed by atoms with E-state index in [1.165, 1.54) is 14.9 Å². The van der Waals surface area contributed by atoms with Gasteiger partial charge in [-0.25, -0.2) is 13.4 Å². The molecule has 0 aliphatic heterocycles. The lowest BCUT2D eigenvalue weighted by Crippen LogP contribution is -2.25. The average molecular weight is 409 g/mol. The maximum atomic E-state index is 12.7. The van der Waals surface area contributed by atoms with Crippen molar-refractivity contribution in [1.29, 1.82) is 0 Å². The smallest absolute Gasteiger partial charge is 0.238 e. The fourth-order valence-electron chi connectivity index (χ4n) is 4.69. The monoisotopic (exact) mass is 408 g/mol. The molecule has 0 bridgehead atoms. The molecule has 1 aliphatic rings. The third-order valence-corrected chi connectivity index (χ3v) is 7.96. The molecule has 4 heterocycles. The minimum Gasteiger partial charge on any atom is -0.346 e. The van der Waals surface area contributed by atoms with Gasteiger partial charge in [0.2, 0.25) is 10.0 Å². The van der Waals surface area contributed by atoms with Gasteiger partial charge in [0, 0.05) is 53.3 Å². The predicted molar refractivity (Wildman–Crippen MR) is 114 cm³/mol. The van der Waals surface area contributed by atoms with Crippen LogP contribution in [0.15, 0.2) is 49.3 Å². The molecule has 0 saturated heterocycles. The zero-order chi connectivity index (χ0) is 20.0. The number of H-pyrrole nitrogens is 1. The van der Waals surface area contributed by atoms with Crippen molar-refractivity contribution in [2.45, 2.75) is 38.5 Å². The van der Waals surface area contributed by atoms with E-state index in [0.717, 1.165) is 47.7 Å². The first kappa shape index (κ1) is 18.4. The molecule has 1 saturated carbocycles. The maximum absolute atomic E-state index is 12.7. The summed E-state index contributed by atoms with van der Waals surface area (Å²) in [6.07, 6.45) is 14.8. The minimum absolute atomic E-state index is 0.204. The molecule has 0 unspecified atom stereocenters. The van der Waals surface area contributed by atoms with Gasteiger partial charge in [-0.2, -0.15) is 0 Å². The van der Waals surface area contributed by atoms with Gasteiger partial charge in [-0.15, -0.1) is 0 Å². The Morgan fingerprint density at radius 1 is 1.14 bits per heavy atom. The van der Waals surface area contributed by atoms with E-state index in [1.54, 1.807) is 12.4 Å². The highest BCUT2D eigenvalue weighted by molar-refractivity contribution is 7.89. The summed E-state index contributed by atoms with van der Waals surface area (Å²) in [7, 11) is -3.29. The Hall–Kier alpha value is -2.67. The van der Waals surface area contributed by atoms with Gasteiger partial charge in [-0.05, 0) is 67.7 Å². The van der Waals surface area contributed by atoms with Crippen LogP contribution < -0.4 is 0 Å². The zero-order valence-corrected chi connectivity index (χ0v) is 17.2. The van der Waals surface area contributed by atoms with E-state index < -0.39 is 10.0 Å². The summed E-state index contributed by atoms with van der Waals surface area (Å²) in [4.78, 5) is 12.1. The summed E-state index contributed by atoms with van der Waals surface area (Å²) in [5, 5.41) is 3.42. The second-order valence-electron chi connectivity index (χ2n) is 8.21. The molecule has 6 nitrogen and oxygen atoms in total. The largest absolute Gasteiger partial charge is 0.346 e. The Bertz CT molecular complexity index is 1280. The molecule has 150 valence electrons. The van der Waals surface area contributed by atoms with E-state index in [1.807, 2.05) is 37.8 Å². The van der Waals surface area contributed by atoms with E-state index >= 15 is 0 Å². The predicted octanol–water partition coefficient (Wildman–Crippen LogP) is 4.37. The summed E-state index contributed by atoms with van der Waals surface area (Å²) >= 11 is 0. The van der Waals surface area contributed by atoms with Crippen LogP contribution in [0.5, 0.6) is 0 Å². The molecule has 7 heteroatoms. The first-order chi connectivity index (χ1) is 14.0. The molecule has 1 aliphatic carbocycles. The number of aromatic nitrogens is 4. The number of rotatable bonds is 4. The zero-order valence-electron chi connectivity index (χ0n) is 16.4. The van der Waals surface area contributed by atoms with Crippen molar-refractivity contribution in [2.75, 3.05) is 5.75 Å².